The van der Waals surface area contributed by atoms with Crippen LogP contribution in [0.25, 0.3) is 88.9 Å². The van der Waals surface area contributed by atoms with Crippen LogP contribution in [0.4, 0.5) is 0 Å². The SMILES string of the molecule is c1ccc(-c2ccc3c(n2)-c2nc(-c4ccccc4)ccc2C3(c2ccc3c(c2)c2ccccc2n3-c2ccccc2)c2ccc3c(c2)c2ccccc2n3-c2ccccc2)cc1. The highest BCUT2D eigenvalue weighted by molar-refractivity contribution is 6.11. The minimum absolute atomic E-state index is 0.774. The van der Waals surface area contributed by atoms with Crippen molar-refractivity contribution in [1.82, 2.24) is 19.1 Å². The first-order chi connectivity index (χ1) is 31.3. The second-order valence-electron chi connectivity index (χ2n) is 16.5. The van der Waals surface area contributed by atoms with Gasteiger partial charge in [-0.2, -0.15) is 0 Å². The van der Waals surface area contributed by atoms with E-state index in [9.17, 15) is 0 Å². The van der Waals surface area contributed by atoms with Crippen LogP contribution in [-0.2, 0) is 5.41 Å². The molecule has 294 valence electrons. The number of fused-ring (bicyclic) bond motifs is 9. The first kappa shape index (κ1) is 35.4. The fraction of sp³-hybridized carbons (Fsp3) is 0.0169. The van der Waals surface area contributed by atoms with Crippen molar-refractivity contribution >= 4 is 43.6 Å². The van der Waals surface area contributed by atoms with Crippen molar-refractivity contribution in [3.63, 3.8) is 0 Å². The summed E-state index contributed by atoms with van der Waals surface area (Å²) in [4.78, 5) is 11.2. The van der Waals surface area contributed by atoms with Gasteiger partial charge in [0.1, 0.15) is 0 Å². The third-order valence-corrected chi connectivity index (χ3v) is 13.2. The van der Waals surface area contributed by atoms with Gasteiger partial charge in [-0.25, -0.2) is 9.97 Å². The lowest BCUT2D eigenvalue weighted by atomic mass is 9.67. The van der Waals surface area contributed by atoms with Gasteiger partial charge in [-0.3, -0.25) is 0 Å². The van der Waals surface area contributed by atoms with E-state index in [0.29, 0.717) is 0 Å². The summed E-state index contributed by atoms with van der Waals surface area (Å²) in [6.07, 6.45) is 0. The zero-order valence-electron chi connectivity index (χ0n) is 34.2. The van der Waals surface area contributed by atoms with Crippen molar-refractivity contribution in [2.45, 2.75) is 5.41 Å². The minimum Gasteiger partial charge on any atom is -0.309 e. The van der Waals surface area contributed by atoms with Gasteiger partial charge in [0.2, 0.25) is 0 Å². The highest BCUT2D eigenvalue weighted by Gasteiger charge is 2.48. The number of hydrogen-bond donors (Lipinski definition) is 0. The molecule has 8 aromatic carbocycles. The van der Waals surface area contributed by atoms with Crippen LogP contribution >= 0.6 is 0 Å². The zero-order chi connectivity index (χ0) is 41.5. The highest BCUT2D eigenvalue weighted by Crippen LogP contribution is 2.57. The molecule has 0 fully saturated rings. The molecule has 12 aromatic rings. The molecule has 4 heterocycles. The van der Waals surface area contributed by atoms with E-state index in [1.165, 1.54) is 43.7 Å². The molecule has 63 heavy (non-hydrogen) atoms. The van der Waals surface area contributed by atoms with Crippen LogP contribution in [0.15, 0.2) is 231 Å². The number of nitrogens with zero attached hydrogens (tertiary/aromatic N) is 4. The van der Waals surface area contributed by atoms with Crippen molar-refractivity contribution < 1.29 is 0 Å². The van der Waals surface area contributed by atoms with E-state index in [0.717, 1.165) is 67.4 Å². The maximum atomic E-state index is 5.59. The van der Waals surface area contributed by atoms with E-state index in [-0.39, 0.29) is 0 Å². The lowest BCUT2D eigenvalue weighted by Gasteiger charge is -2.33. The van der Waals surface area contributed by atoms with Crippen LogP contribution in [0.5, 0.6) is 0 Å². The van der Waals surface area contributed by atoms with E-state index >= 15 is 0 Å². The summed E-state index contributed by atoms with van der Waals surface area (Å²) < 4.78 is 4.78. The Labute approximate surface area is 364 Å². The van der Waals surface area contributed by atoms with Crippen LogP contribution < -0.4 is 0 Å². The first-order valence-electron chi connectivity index (χ1n) is 21.6. The largest absolute Gasteiger partial charge is 0.309 e. The van der Waals surface area contributed by atoms with E-state index in [1.807, 2.05) is 0 Å². The molecule has 0 N–H and O–H groups in total. The molecule has 0 saturated carbocycles. The molecule has 0 amide bonds. The van der Waals surface area contributed by atoms with Crippen LogP contribution in [-0.4, -0.2) is 19.1 Å². The molecule has 0 radical (unpaired) electrons. The standard InChI is InChI=1S/C59H38N4/c1-5-17-39(18-6-1)51-33-31-49-57(60-51)58-50(32-34-52(61-58)40-19-7-2-8-20-40)59(49,41-29-35-55-47(37-41)45-25-13-15-27-53(45)62(55)43-21-9-3-10-22-43)42-30-36-56-48(38-42)46-26-14-16-28-54(46)63(56)44-23-11-4-12-24-44/h1-38H. The van der Waals surface area contributed by atoms with Crippen LogP contribution in [0.1, 0.15) is 22.3 Å². The first-order valence-corrected chi connectivity index (χ1v) is 21.6. The Kier molecular flexibility index (Phi) is 7.79. The summed E-state index contributed by atoms with van der Waals surface area (Å²) in [5, 5.41) is 4.82. The third kappa shape index (κ3) is 5.22. The number of pyridine rings is 2. The molecular formula is C59H38N4. The maximum absolute atomic E-state index is 5.59. The summed E-state index contributed by atoms with van der Waals surface area (Å²) >= 11 is 0. The van der Waals surface area contributed by atoms with Crippen LogP contribution in [0, 0.1) is 0 Å². The van der Waals surface area contributed by atoms with Gasteiger partial charge >= 0.3 is 0 Å². The molecule has 0 bridgehead atoms. The van der Waals surface area contributed by atoms with Gasteiger partial charge in [0, 0.05) is 44.0 Å². The van der Waals surface area contributed by atoms with E-state index < -0.39 is 5.41 Å². The molecule has 1 aliphatic rings. The third-order valence-electron chi connectivity index (χ3n) is 13.2. The molecule has 0 aliphatic heterocycles. The second-order valence-corrected chi connectivity index (χ2v) is 16.5. The van der Waals surface area contributed by atoms with Crippen molar-refractivity contribution in [3.8, 4) is 45.3 Å². The Morgan fingerprint density at radius 3 is 1.10 bits per heavy atom. The number of para-hydroxylation sites is 4. The van der Waals surface area contributed by atoms with Crippen molar-refractivity contribution in [2.75, 3.05) is 0 Å². The average molecular weight is 803 g/mol. The van der Waals surface area contributed by atoms with Gasteiger partial charge in [0.15, 0.2) is 0 Å². The molecule has 0 atom stereocenters. The summed E-state index contributed by atoms with van der Waals surface area (Å²) in [5.74, 6) is 0. The lowest BCUT2D eigenvalue weighted by molar-refractivity contribution is 0.767. The number of aromatic nitrogens is 4. The van der Waals surface area contributed by atoms with Crippen LogP contribution in [0.3, 0.4) is 0 Å². The summed E-state index contributed by atoms with van der Waals surface area (Å²) in [7, 11) is 0. The molecular weight excluding hydrogens is 765 g/mol. The predicted molar refractivity (Wildman–Crippen MR) is 259 cm³/mol. The predicted octanol–water partition coefficient (Wildman–Crippen LogP) is 14.4. The van der Waals surface area contributed by atoms with Gasteiger partial charge in [-0.1, -0.05) is 158 Å². The molecule has 4 nitrogen and oxygen atoms in total. The molecule has 1 aliphatic carbocycles. The monoisotopic (exact) mass is 802 g/mol. The average Bonchev–Trinajstić information content (AvgIpc) is 3.98. The molecule has 4 aromatic heterocycles. The molecule has 0 unspecified atom stereocenters. The summed E-state index contributed by atoms with van der Waals surface area (Å²) in [5.41, 5.74) is 16.6. The fourth-order valence-electron chi connectivity index (χ4n) is 10.5. The number of benzene rings is 8. The molecule has 13 rings (SSSR count). The summed E-state index contributed by atoms with van der Waals surface area (Å²) in [6, 6.07) is 83.3. The second kappa shape index (κ2) is 13.8. The van der Waals surface area contributed by atoms with Crippen LogP contribution in [0.2, 0.25) is 0 Å². The van der Waals surface area contributed by atoms with Crippen molar-refractivity contribution in [3.05, 3.63) is 253 Å². The number of hydrogen-bond acceptors (Lipinski definition) is 2. The zero-order valence-corrected chi connectivity index (χ0v) is 34.2. The van der Waals surface area contributed by atoms with Gasteiger partial charge in [-0.15, -0.1) is 0 Å². The van der Waals surface area contributed by atoms with Gasteiger partial charge < -0.3 is 9.13 Å². The highest BCUT2D eigenvalue weighted by atomic mass is 15.0. The lowest BCUT2D eigenvalue weighted by Crippen LogP contribution is -2.28. The van der Waals surface area contributed by atoms with Crippen molar-refractivity contribution in [2.24, 2.45) is 0 Å². The topological polar surface area (TPSA) is 35.6 Å². The van der Waals surface area contributed by atoms with E-state index in [1.54, 1.807) is 0 Å². The van der Waals surface area contributed by atoms with E-state index in [2.05, 4.69) is 240 Å². The van der Waals surface area contributed by atoms with E-state index in [4.69, 9.17) is 9.97 Å². The van der Waals surface area contributed by atoms with Gasteiger partial charge in [0.25, 0.3) is 0 Å². The fourth-order valence-corrected chi connectivity index (χ4v) is 10.5. The Morgan fingerprint density at radius 2 is 0.667 bits per heavy atom. The quantitative estimate of drug-likeness (QED) is 0.168. The van der Waals surface area contributed by atoms with Gasteiger partial charge in [-0.05, 0) is 95.1 Å². The Morgan fingerprint density at radius 1 is 0.302 bits per heavy atom. The maximum Gasteiger partial charge on any atom is 0.0945 e. The molecule has 4 heteroatoms. The summed E-state index contributed by atoms with van der Waals surface area (Å²) in [6.45, 7) is 0. The molecule has 0 saturated heterocycles. The Bertz CT molecular complexity index is 3470. The van der Waals surface area contributed by atoms with Gasteiger partial charge in [0.05, 0.1) is 50.3 Å². The minimum atomic E-state index is -0.774. The smallest absolute Gasteiger partial charge is 0.0945 e. The van der Waals surface area contributed by atoms with Crippen molar-refractivity contribution in [1.29, 1.82) is 0 Å². The Balaban J connectivity index is 1.16. The molecule has 0 spiro atoms. The Hall–Kier alpha value is -8.34. The normalized spacial score (nSPS) is 12.9. The number of rotatable bonds is 6.